The summed E-state index contributed by atoms with van der Waals surface area (Å²) in [6, 6.07) is 16.7. The lowest BCUT2D eigenvalue weighted by molar-refractivity contribution is 0.203. The maximum Gasteiger partial charge on any atom is 0.361 e. The summed E-state index contributed by atoms with van der Waals surface area (Å²) in [6.45, 7) is 5.62. The first-order valence-corrected chi connectivity index (χ1v) is 14.9. The van der Waals surface area contributed by atoms with Crippen LogP contribution in [0.2, 0.25) is 5.02 Å². The summed E-state index contributed by atoms with van der Waals surface area (Å²) < 4.78 is 32.2. The van der Waals surface area contributed by atoms with Crippen LogP contribution in [0.1, 0.15) is 37.8 Å². The summed E-state index contributed by atoms with van der Waals surface area (Å²) in [5.41, 5.74) is 4.42. The molecule has 1 saturated carbocycles. The fraction of sp³-hybridized carbons (Fsp3) is 0.345. The molecule has 1 fully saturated rings. The molecule has 1 aliphatic rings. The number of aliphatic hydroxyl groups excluding tert-OH is 2. The first-order chi connectivity index (χ1) is 18.8. The van der Waals surface area contributed by atoms with Crippen LogP contribution in [0.5, 0.6) is 11.6 Å². The summed E-state index contributed by atoms with van der Waals surface area (Å²) in [5.74, 6) is 0.757. The highest BCUT2D eigenvalue weighted by Crippen LogP contribution is 2.49. The highest BCUT2D eigenvalue weighted by molar-refractivity contribution is 7.62. The molecular formula is C29H32ClN2O6P. The highest BCUT2D eigenvalue weighted by atomic mass is 35.5. The van der Waals surface area contributed by atoms with Gasteiger partial charge in [0.25, 0.3) is 0 Å². The second kappa shape index (κ2) is 11.0. The average Bonchev–Trinajstić information content (AvgIpc) is 3.66. The van der Waals surface area contributed by atoms with Gasteiger partial charge in [0.15, 0.2) is 0 Å². The van der Waals surface area contributed by atoms with Crippen molar-refractivity contribution in [3.8, 4) is 22.9 Å². The van der Waals surface area contributed by atoms with E-state index in [0.717, 1.165) is 29.5 Å². The third-order valence-corrected chi connectivity index (χ3v) is 9.72. The van der Waals surface area contributed by atoms with Crippen molar-refractivity contribution in [3.63, 3.8) is 0 Å². The predicted molar refractivity (Wildman–Crippen MR) is 152 cm³/mol. The molecule has 2 aromatic carbocycles. The van der Waals surface area contributed by atoms with Crippen LogP contribution in [0.4, 0.5) is 0 Å². The van der Waals surface area contributed by atoms with Crippen LogP contribution in [-0.2, 0) is 25.8 Å². The van der Waals surface area contributed by atoms with Gasteiger partial charge < -0.3 is 24.0 Å². The van der Waals surface area contributed by atoms with E-state index in [1.165, 1.54) is 0 Å². The van der Waals surface area contributed by atoms with E-state index in [4.69, 9.17) is 30.4 Å². The normalized spacial score (nSPS) is 14.6. The minimum atomic E-state index is -3.53. The zero-order chi connectivity index (χ0) is 27.8. The second-order valence-electron chi connectivity index (χ2n) is 9.67. The third-order valence-electron chi connectivity index (χ3n) is 7.17. The van der Waals surface area contributed by atoms with Gasteiger partial charge in [0, 0.05) is 17.0 Å². The fourth-order valence-corrected chi connectivity index (χ4v) is 6.90. The lowest BCUT2D eigenvalue weighted by atomic mass is 9.95. The molecule has 1 aliphatic carbocycles. The first-order valence-electron chi connectivity index (χ1n) is 13.0. The lowest BCUT2D eigenvalue weighted by Gasteiger charge is -2.20. The number of pyridine rings is 1. The Morgan fingerprint density at radius 2 is 1.72 bits per heavy atom. The Balaban J connectivity index is 1.49. The Kier molecular flexibility index (Phi) is 7.89. The van der Waals surface area contributed by atoms with E-state index in [1.54, 1.807) is 48.7 Å². The largest absolute Gasteiger partial charge is 0.441 e. The van der Waals surface area contributed by atoms with E-state index in [-0.39, 0.29) is 32.0 Å². The Labute approximate surface area is 232 Å². The number of hydrogen-bond acceptors (Lipinski definition) is 7. The van der Waals surface area contributed by atoms with Gasteiger partial charge in [0.2, 0.25) is 5.88 Å². The number of rotatable bonds is 11. The molecule has 0 radical (unpaired) electrons. The Hall–Kier alpha value is -2.71. The third kappa shape index (κ3) is 5.25. The van der Waals surface area contributed by atoms with E-state index in [0.29, 0.717) is 38.7 Å². The number of hydrogen-bond donors (Lipinski definition) is 2. The Bertz CT molecular complexity index is 1540. The number of benzene rings is 2. The summed E-state index contributed by atoms with van der Waals surface area (Å²) in [6.07, 6.45) is 1.98. The standard InChI is InChI=1S/C29H32ClN2O6P/c1-4-36-39(35,37-5-2)26-14-22(11-6-19(26)3)38-27-16-24-25(32(27)18-34)15-23(30)28(31-24)20-7-9-21(10-8-20)29(17-33)12-13-29/h6-11,14-16,33-34H,4-5,12-13,17-18H2,1-3H3. The number of aromatic nitrogens is 2. The molecule has 0 spiro atoms. The molecule has 39 heavy (non-hydrogen) atoms. The van der Waals surface area contributed by atoms with Crippen LogP contribution >= 0.6 is 19.2 Å². The molecule has 2 N–H and O–H groups in total. The van der Waals surface area contributed by atoms with Gasteiger partial charge in [-0.05, 0) is 62.9 Å². The first kappa shape index (κ1) is 27.8. The molecule has 206 valence electrons. The van der Waals surface area contributed by atoms with Crippen LogP contribution in [0.25, 0.3) is 22.3 Å². The van der Waals surface area contributed by atoms with Gasteiger partial charge in [-0.25, -0.2) is 4.98 Å². The molecule has 10 heteroatoms. The van der Waals surface area contributed by atoms with Gasteiger partial charge in [-0.1, -0.05) is 41.9 Å². The van der Waals surface area contributed by atoms with Gasteiger partial charge in [-0.2, -0.15) is 0 Å². The molecule has 0 amide bonds. The number of halogens is 1. The molecule has 0 bridgehead atoms. The van der Waals surface area contributed by atoms with Crippen molar-refractivity contribution < 1.29 is 28.6 Å². The molecule has 2 aromatic heterocycles. The number of nitrogens with zero attached hydrogens (tertiary/aromatic N) is 2. The Morgan fingerprint density at radius 3 is 2.31 bits per heavy atom. The average molecular weight is 571 g/mol. The van der Waals surface area contributed by atoms with Crippen molar-refractivity contribution in [3.05, 3.63) is 70.7 Å². The van der Waals surface area contributed by atoms with Crippen LogP contribution in [0, 0.1) is 6.92 Å². The minimum Gasteiger partial charge on any atom is -0.441 e. The number of aryl methyl sites for hydroxylation is 1. The summed E-state index contributed by atoms with van der Waals surface area (Å²) in [5, 5.41) is 20.8. The molecule has 0 unspecified atom stereocenters. The van der Waals surface area contributed by atoms with Gasteiger partial charge in [-0.3, -0.25) is 9.13 Å². The molecule has 0 aliphatic heterocycles. The smallest absolute Gasteiger partial charge is 0.361 e. The van der Waals surface area contributed by atoms with Crippen molar-refractivity contribution in [2.75, 3.05) is 19.8 Å². The zero-order valence-electron chi connectivity index (χ0n) is 22.2. The molecule has 4 aromatic rings. The van der Waals surface area contributed by atoms with Crippen LogP contribution in [0.15, 0.2) is 54.6 Å². The second-order valence-corrected chi connectivity index (χ2v) is 12.1. The molecule has 2 heterocycles. The molecule has 8 nitrogen and oxygen atoms in total. The van der Waals surface area contributed by atoms with E-state index in [1.807, 2.05) is 31.2 Å². The lowest BCUT2D eigenvalue weighted by Crippen LogP contribution is -2.14. The van der Waals surface area contributed by atoms with Crippen molar-refractivity contribution in [2.45, 2.75) is 45.8 Å². The van der Waals surface area contributed by atoms with Gasteiger partial charge >= 0.3 is 7.60 Å². The van der Waals surface area contributed by atoms with Gasteiger partial charge in [-0.15, -0.1) is 0 Å². The quantitative estimate of drug-likeness (QED) is 0.203. The molecular weight excluding hydrogens is 539 g/mol. The van der Waals surface area contributed by atoms with Crippen LogP contribution in [0.3, 0.4) is 0 Å². The van der Waals surface area contributed by atoms with Crippen molar-refractivity contribution in [1.82, 2.24) is 9.55 Å². The topological polar surface area (TPSA) is 103 Å². The summed E-state index contributed by atoms with van der Waals surface area (Å²) in [7, 11) is -3.53. The zero-order valence-corrected chi connectivity index (χ0v) is 23.8. The van der Waals surface area contributed by atoms with Gasteiger partial charge in [0.05, 0.1) is 46.9 Å². The molecule has 5 rings (SSSR count). The maximum atomic E-state index is 13.4. The SMILES string of the molecule is CCOP(=O)(OCC)c1cc(Oc2cc3nc(-c4ccc(C5(CO)CC5)cc4)c(Cl)cc3n2CO)ccc1C. The Morgan fingerprint density at radius 1 is 1.03 bits per heavy atom. The van der Waals surface area contributed by atoms with E-state index < -0.39 is 7.60 Å². The van der Waals surface area contributed by atoms with Crippen molar-refractivity contribution in [2.24, 2.45) is 0 Å². The van der Waals surface area contributed by atoms with E-state index in [2.05, 4.69) is 0 Å². The highest BCUT2D eigenvalue weighted by Gasteiger charge is 2.43. The van der Waals surface area contributed by atoms with Gasteiger partial charge in [0.1, 0.15) is 12.5 Å². The summed E-state index contributed by atoms with van der Waals surface area (Å²) in [4.78, 5) is 4.79. The van der Waals surface area contributed by atoms with Crippen molar-refractivity contribution >= 4 is 35.5 Å². The molecule has 0 saturated heterocycles. The monoisotopic (exact) mass is 570 g/mol. The van der Waals surface area contributed by atoms with Crippen LogP contribution < -0.4 is 10.0 Å². The minimum absolute atomic E-state index is 0.112. The predicted octanol–water partition coefficient (Wildman–Crippen LogP) is 6.32. The van der Waals surface area contributed by atoms with E-state index >= 15 is 0 Å². The summed E-state index contributed by atoms with van der Waals surface area (Å²) >= 11 is 6.66. The van der Waals surface area contributed by atoms with E-state index in [9.17, 15) is 14.8 Å². The number of aliphatic hydroxyl groups is 2. The number of fused-ring (bicyclic) bond motifs is 1. The number of ether oxygens (including phenoxy) is 1. The van der Waals surface area contributed by atoms with Crippen molar-refractivity contribution in [1.29, 1.82) is 0 Å². The fourth-order valence-electron chi connectivity index (χ4n) is 4.82. The maximum absolute atomic E-state index is 13.4. The van der Waals surface area contributed by atoms with Crippen LogP contribution in [-0.4, -0.2) is 39.6 Å². The molecule has 0 atom stereocenters.